The highest BCUT2D eigenvalue weighted by atomic mass is 32.1. The van der Waals surface area contributed by atoms with E-state index >= 15 is 0 Å². The molecular formula is C3H9O4PS. The molecule has 0 aliphatic rings. The van der Waals surface area contributed by atoms with Gasteiger partial charge in [-0.2, -0.15) is 0 Å². The molecule has 56 valence electrons. The minimum Gasteiger partial charge on any atom is -0.369 e. The zero-order chi connectivity index (χ0) is 7.71. The summed E-state index contributed by atoms with van der Waals surface area (Å²) in [4.78, 5) is 8.67. The Morgan fingerprint density at radius 3 is 2.11 bits per heavy atom. The number of hydrogen-bond acceptors (Lipinski definition) is 4. The summed E-state index contributed by atoms with van der Waals surface area (Å²) in [7, 11) is -2.90. The van der Waals surface area contributed by atoms with Gasteiger partial charge in [-0.3, -0.25) is 4.57 Å². The van der Waals surface area contributed by atoms with Crippen molar-refractivity contribution in [1.29, 1.82) is 0 Å². The summed E-state index contributed by atoms with van der Waals surface area (Å²) in [6.45, 7) is 1.08. The molecule has 2 N–H and O–H groups in total. The predicted octanol–water partition coefficient (Wildman–Crippen LogP) is 0.414. The van der Waals surface area contributed by atoms with E-state index in [2.05, 4.69) is 17.2 Å². The van der Waals surface area contributed by atoms with Gasteiger partial charge in [0.15, 0.2) is 0 Å². The highest BCUT2D eigenvalue weighted by Gasteiger charge is 2.38. The van der Waals surface area contributed by atoms with Crippen LogP contribution >= 0.6 is 20.2 Å². The third kappa shape index (κ3) is 2.27. The first-order valence-electron chi connectivity index (χ1n) is 2.14. The number of rotatable bonds is 2. The molecule has 0 bridgehead atoms. The Balaban J connectivity index is 4.35. The zero-order valence-electron chi connectivity index (χ0n) is 5.11. The molecule has 2 atom stereocenters. The Morgan fingerprint density at radius 2 is 2.11 bits per heavy atom. The summed E-state index contributed by atoms with van der Waals surface area (Å²) in [6, 6.07) is 0. The van der Waals surface area contributed by atoms with Crippen molar-refractivity contribution in [3.8, 4) is 0 Å². The van der Waals surface area contributed by atoms with E-state index in [0.717, 1.165) is 14.0 Å². The molecule has 0 aliphatic heterocycles. The van der Waals surface area contributed by atoms with Crippen LogP contribution in [-0.2, 0) is 9.09 Å². The van der Waals surface area contributed by atoms with Crippen LogP contribution in [0.2, 0.25) is 0 Å². The molecule has 0 heterocycles. The summed E-state index contributed by atoms with van der Waals surface area (Å²) in [5, 5.41) is 8.77. The maximum absolute atomic E-state index is 10.6. The van der Waals surface area contributed by atoms with Gasteiger partial charge in [0.2, 0.25) is 4.67 Å². The predicted molar refractivity (Wildman–Crippen MR) is 36.4 cm³/mol. The van der Waals surface area contributed by atoms with Gasteiger partial charge in [-0.05, 0) is 6.92 Å². The van der Waals surface area contributed by atoms with Crippen LogP contribution in [0.3, 0.4) is 0 Å². The van der Waals surface area contributed by atoms with Gasteiger partial charge < -0.3 is 14.5 Å². The monoisotopic (exact) mass is 172 g/mol. The smallest absolute Gasteiger partial charge is 0.368 e. The van der Waals surface area contributed by atoms with E-state index in [4.69, 9.17) is 10.00 Å². The van der Waals surface area contributed by atoms with Gasteiger partial charge in [0.1, 0.15) is 0 Å². The van der Waals surface area contributed by atoms with E-state index in [9.17, 15) is 4.57 Å². The van der Waals surface area contributed by atoms with Gasteiger partial charge in [0, 0.05) is 7.11 Å². The molecule has 6 heteroatoms. The van der Waals surface area contributed by atoms with Gasteiger partial charge in [-0.25, -0.2) is 0 Å². The van der Waals surface area contributed by atoms with Crippen LogP contribution in [0.4, 0.5) is 0 Å². The number of aliphatic hydroxyl groups is 1. The Bertz CT molecular complexity index is 139. The Kier molecular flexibility index (Phi) is 2.73. The van der Waals surface area contributed by atoms with E-state index < -0.39 is 12.3 Å². The lowest BCUT2D eigenvalue weighted by Crippen LogP contribution is -2.16. The molecule has 0 aromatic rings. The van der Waals surface area contributed by atoms with Crippen LogP contribution in [0.5, 0.6) is 0 Å². The van der Waals surface area contributed by atoms with Crippen molar-refractivity contribution in [2.75, 3.05) is 7.11 Å². The lowest BCUT2D eigenvalue weighted by atomic mass is 10.9. The number of hydrogen-bond donors (Lipinski definition) is 3. The molecule has 0 spiro atoms. The molecule has 0 amide bonds. The molecule has 0 radical (unpaired) electrons. The lowest BCUT2D eigenvalue weighted by molar-refractivity contribution is 0.179. The van der Waals surface area contributed by atoms with Crippen LogP contribution in [0, 0.1) is 0 Å². The Labute approximate surface area is 58.8 Å². The first kappa shape index (κ1) is 9.46. The van der Waals surface area contributed by atoms with Gasteiger partial charge in [-0.1, -0.05) is 0 Å². The molecule has 0 aromatic heterocycles. The summed E-state index contributed by atoms with van der Waals surface area (Å²) in [6.07, 6.45) is 0. The summed E-state index contributed by atoms with van der Waals surface area (Å²) < 4.78 is 12.7. The average molecular weight is 172 g/mol. The fourth-order valence-electron chi connectivity index (χ4n) is 0.173. The summed E-state index contributed by atoms with van der Waals surface area (Å²) in [5.41, 5.74) is 0. The zero-order valence-corrected chi connectivity index (χ0v) is 6.89. The minimum atomic E-state index is -3.94. The first-order valence-corrected chi connectivity index (χ1v) is 4.17. The normalized spacial score (nSPS) is 24.6. The quantitative estimate of drug-likeness (QED) is 0.320. The molecule has 0 fully saturated rings. The van der Waals surface area contributed by atoms with Gasteiger partial charge in [0.05, 0.1) is 0 Å². The fraction of sp³-hybridized carbons (Fsp3) is 1.00. The van der Waals surface area contributed by atoms with Crippen LogP contribution in [-0.4, -0.2) is 21.8 Å². The minimum absolute atomic E-state index is 1.03. The van der Waals surface area contributed by atoms with Gasteiger partial charge in [0.25, 0.3) is 0 Å². The second-order valence-electron chi connectivity index (χ2n) is 1.67. The average Bonchev–Trinajstić information content (AvgIpc) is 1.64. The fourth-order valence-corrected chi connectivity index (χ4v) is 0.764. The van der Waals surface area contributed by atoms with E-state index in [1.165, 1.54) is 0 Å². The first-order chi connectivity index (χ1) is 3.81. The highest BCUT2D eigenvalue weighted by Crippen LogP contribution is 2.54. The van der Waals surface area contributed by atoms with Gasteiger partial charge in [-0.15, -0.1) is 12.6 Å². The van der Waals surface area contributed by atoms with Gasteiger partial charge >= 0.3 is 7.60 Å². The Morgan fingerprint density at radius 1 is 1.78 bits per heavy atom. The van der Waals surface area contributed by atoms with Crippen molar-refractivity contribution in [3.05, 3.63) is 0 Å². The molecule has 4 nitrogen and oxygen atoms in total. The third-order valence-corrected chi connectivity index (χ3v) is 3.11. The number of thiol groups is 1. The molecule has 1 unspecified atom stereocenters. The van der Waals surface area contributed by atoms with E-state index in [1.54, 1.807) is 0 Å². The van der Waals surface area contributed by atoms with Crippen LogP contribution in [0.25, 0.3) is 0 Å². The van der Waals surface area contributed by atoms with Crippen LogP contribution in [0.15, 0.2) is 0 Å². The molecule has 0 rings (SSSR count). The topological polar surface area (TPSA) is 66.8 Å². The highest BCUT2D eigenvalue weighted by molar-refractivity contribution is 7.90. The molecule has 0 aliphatic carbocycles. The van der Waals surface area contributed by atoms with Crippen molar-refractivity contribution in [3.63, 3.8) is 0 Å². The summed E-state index contributed by atoms with van der Waals surface area (Å²) in [5.74, 6) is 0. The maximum Gasteiger partial charge on any atom is 0.368 e. The van der Waals surface area contributed by atoms with Crippen molar-refractivity contribution in [2.24, 2.45) is 0 Å². The molecule has 0 saturated heterocycles. The lowest BCUT2D eigenvalue weighted by Gasteiger charge is -2.20. The maximum atomic E-state index is 10.6. The third-order valence-electron chi connectivity index (χ3n) is 0.783. The molecule has 0 saturated carbocycles. The second kappa shape index (κ2) is 2.60. The van der Waals surface area contributed by atoms with E-state index in [1.807, 2.05) is 0 Å². The standard InChI is InChI=1S/C3H9O4PS/c1-3(4,9)8(5,6)7-2/h4,9H,1-2H3,(H,5,6)/t3-/m0/s1. The van der Waals surface area contributed by atoms with Crippen molar-refractivity contribution < 1.29 is 19.1 Å². The van der Waals surface area contributed by atoms with Crippen molar-refractivity contribution >= 4 is 20.2 Å². The van der Waals surface area contributed by atoms with E-state index in [0.29, 0.717) is 0 Å². The molecule has 9 heavy (non-hydrogen) atoms. The second-order valence-corrected chi connectivity index (χ2v) is 5.17. The molecule has 0 aromatic carbocycles. The van der Waals surface area contributed by atoms with Crippen LogP contribution in [0.1, 0.15) is 6.92 Å². The molecular weight excluding hydrogens is 163 g/mol. The Hall–Kier alpha value is 0.460. The van der Waals surface area contributed by atoms with Crippen molar-refractivity contribution in [1.82, 2.24) is 0 Å². The van der Waals surface area contributed by atoms with Crippen LogP contribution < -0.4 is 0 Å². The summed E-state index contributed by atoms with van der Waals surface area (Å²) >= 11 is 3.43. The van der Waals surface area contributed by atoms with Crippen molar-refractivity contribution in [2.45, 2.75) is 11.6 Å². The SMILES string of the molecule is COP(=O)(O)[C@](C)(O)S. The van der Waals surface area contributed by atoms with E-state index in [-0.39, 0.29) is 0 Å². The largest absolute Gasteiger partial charge is 0.369 e.